The summed E-state index contributed by atoms with van der Waals surface area (Å²) in [7, 11) is -2.59. The van der Waals surface area contributed by atoms with Gasteiger partial charge in [-0.05, 0) is 60.9 Å². The molecule has 0 unspecified atom stereocenters. The van der Waals surface area contributed by atoms with Crippen LogP contribution in [-0.4, -0.2) is 33.9 Å². The van der Waals surface area contributed by atoms with E-state index >= 15 is 0 Å². The van der Waals surface area contributed by atoms with Crippen molar-refractivity contribution in [3.63, 3.8) is 0 Å². The molecule has 0 saturated heterocycles. The molecule has 8 nitrogen and oxygen atoms in total. The van der Waals surface area contributed by atoms with Crippen molar-refractivity contribution < 1.29 is 22.7 Å². The molecule has 0 fully saturated rings. The predicted octanol–water partition coefficient (Wildman–Crippen LogP) is 4.44. The van der Waals surface area contributed by atoms with Crippen LogP contribution >= 0.6 is 0 Å². The van der Waals surface area contributed by atoms with Crippen LogP contribution in [0.3, 0.4) is 0 Å². The van der Waals surface area contributed by atoms with E-state index in [4.69, 9.17) is 4.74 Å². The van der Waals surface area contributed by atoms with Crippen molar-refractivity contribution in [3.05, 3.63) is 77.9 Å². The fourth-order valence-corrected chi connectivity index (χ4v) is 5.74. The van der Waals surface area contributed by atoms with E-state index in [-0.39, 0.29) is 22.1 Å². The largest absolute Gasteiger partial charge is 0.495 e. The lowest BCUT2D eigenvalue weighted by Crippen LogP contribution is -2.35. The molecule has 1 aliphatic heterocycles. The fourth-order valence-electron chi connectivity index (χ4n) is 4.01. The van der Waals surface area contributed by atoms with Crippen molar-refractivity contribution in [2.24, 2.45) is 0 Å². The first-order valence-electron chi connectivity index (χ1n) is 11.3. The molecule has 0 saturated carbocycles. The van der Waals surface area contributed by atoms with E-state index in [2.05, 4.69) is 10.6 Å². The molecule has 1 aliphatic rings. The summed E-state index contributed by atoms with van der Waals surface area (Å²) < 4.78 is 34.2. The number of hydrogen-bond donors (Lipinski definition) is 2. The van der Waals surface area contributed by atoms with Crippen LogP contribution in [0.15, 0.2) is 71.6 Å². The zero-order chi connectivity index (χ0) is 25.0. The molecule has 2 N–H and O–H groups in total. The molecule has 0 atom stereocenters. The Bertz CT molecular complexity index is 1370. The van der Waals surface area contributed by atoms with Crippen LogP contribution in [0, 0.1) is 0 Å². The molecular weight excluding hydrogens is 466 g/mol. The molecule has 1 heterocycles. The maximum Gasteiger partial charge on any atom is 0.268 e. The summed E-state index contributed by atoms with van der Waals surface area (Å²) >= 11 is 0. The molecule has 0 aromatic heterocycles. The first kappa shape index (κ1) is 24.3. The van der Waals surface area contributed by atoms with Crippen LogP contribution in [0.5, 0.6) is 5.75 Å². The number of methoxy groups -OCH3 is 1. The van der Waals surface area contributed by atoms with Crippen LogP contribution in [0.4, 0.5) is 17.1 Å². The Morgan fingerprint density at radius 3 is 2.46 bits per heavy atom. The van der Waals surface area contributed by atoms with Gasteiger partial charge in [-0.3, -0.25) is 13.9 Å². The van der Waals surface area contributed by atoms with Gasteiger partial charge >= 0.3 is 0 Å². The third-order valence-corrected chi connectivity index (χ3v) is 7.62. The quantitative estimate of drug-likeness (QED) is 0.506. The first-order valence-corrected chi connectivity index (χ1v) is 12.8. The van der Waals surface area contributed by atoms with Crippen LogP contribution in [0.2, 0.25) is 0 Å². The van der Waals surface area contributed by atoms with E-state index in [1.807, 2.05) is 18.2 Å². The number of nitrogens with zero attached hydrogens (tertiary/aromatic N) is 1. The molecule has 3 aromatic rings. The van der Waals surface area contributed by atoms with E-state index < -0.39 is 15.9 Å². The Balaban J connectivity index is 1.64. The molecular formula is C26H27N3O5S. The van der Waals surface area contributed by atoms with Crippen LogP contribution in [0.1, 0.15) is 35.7 Å². The van der Waals surface area contributed by atoms with Gasteiger partial charge in [-0.25, -0.2) is 8.42 Å². The number of benzene rings is 3. The van der Waals surface area contributed by atoms with E-state index in [9.17, 15) is 18.0 Å². The van der Waals surface area contributed by atoms with Crippen molar-refractivity contribution in [1.29, 1.82) is 0 Å². The highest BCUT2D eigenvalue weighted by atomic mass is 32.2. The van der Waals surface area contributed by atoms with Gasteiger partial charge < -0.3 is 15.4 Å². The number of amides is 2. The third-order valence-electron chi connectivity index (χ3n) is 5.79. The van der Waals surface area contributed by atoms with Crippen LogP contribution in [-0.2, 0) is 21.2 Å². The average molecular weight is 494 g/mol. The van der Waals surface area contributed by atoms with Gasteiger partial charge in [0, 0.05) is 29.9 Å². The molecule has 2 amide bonds. The minimum absolute atomic E-state index is 0.0756. The number of fused-ring (bicyclic) bond motifs is 1. The lowest BCUT2D eigenvalue weighted by atomic mass is 10.0. The topological polar surface area (TPSA) is 105 Å². The van der Waals surface area contributed by atoms with Gasteiger partial charge in [0.05, 0.1) is 12.8 Å². The smallest absolute Gasteiger partial charge is 0.268 e. The number of ether oxygens (including phenoxy) is 1. The summed E-state index contributed by atoms with van der Waals surface area (Å²) in [5.41, 5.74) is 2.79. The van der Waals surface area contributed by atoms with Crippen molar-refractivity contribution in [2.75, 3.05) is 28.6 Å². The lowest BCUT2D eigenvalue weighted by molar-refractivity contribution is -0.115. The molecule has 4 rings (SSSR count). The summed E-state index contributed by atoms with van der Waals surface area (Å²) in [6, 6.07) is 18.5. The Labute approximate surface area is 205 Å². The molecule has 182 valence electrons. The number of anilines is 3. The maximum absolute atomic E-state index is 13.7. The second-order valence-corrected chi connectivity index (χ2v) is 9.94. The summed E-state index contributed by atoms with van der Waals surface area (Å²) in [5, 5.41) is 5.50. The van der Waals surface area contributed by atoms with Crippen molar-refractivity contribution >= 4 is 38.9 Å². The molecule has 0 bridgehead atoms. The number of carbonyl (C=O) groups excluding carboxylic acids is 2. The van der Waals surface area contributed by atoms with Gasteiger partial charge in [-0.2, -0.15) is 0 Å². The van der Waals surface area contributed by atoms with Gasteiger partial charge in [-0.15, -0.1) is 0 Å². The van der Waals surface area contributed by atoms with Crippen molar-refractivity contribution in [3.8, 4) is 5.75 Å². The van der Waals surface area contributed by atoms with Crippen LogP contribution in [0.25, 0.3) is 0 Å². The average Bonchev–Trinajstić information content (AvgIpc) is 2.88. The standard InChI is InChI=1S/C26H27N3O5S/c1-3-25(30)27-20-10-6-11-21(17-20)28-26(31)19-13-14-23(34-2)24(16-19)35(32,33)29-15-7-9-18-8-4-5-12-22(18)29/h4-6,8,10-14,16-17H,3,7,9,15H2,1-2H3,(H,27,30)(H,28,31). The van der Waals surface area contributed by atoms with Gasteiger partial charge in [-0.1, -0.05) is 31.2 Å². The zero-order valence-electron chi connectivity index (χ0n) is 19.6. The number of aryl methyl sites for hydroxylation is 1. The van der Waals surface area contributed by atoms with Gasteiger partial charge in [0.15, 0.2) is 0 Å². The maximum atomic E-state index is 13.7. The minimum atomic E-state index is -3.99. The number of carbonyl (C=O) groups is 2. The lowest BCUT2D eigenvalue weighted by Gasteiger charge is -2.31. The third kappa shape index (κ3) is 5.14. The number of para-hydroxylation sites is 1. The number of rotatable bonds is 7. The van der Waals surface area contributed by atoms with Gasteiger partial charge in [0.2, 0.25) is 5.91 Å². The molecule has 3 aromatic carbocycles. The number of sulfonamides is 1. The summed E-state index contributed by atoms with van der Waals surface area (Å²) in [6.07, 6.45) is 1.84. The van der Waals surface area contributed by atoms with E-state index in [0.717, 1.165) is 12.0 Å². The Morgan fingerprint density at radius 2 is 1.71 bits per heavy atom. The second kappa shape index (κ2) is 10.2. The highest BCUT2D eigenvalue weighted by Crippen LogP contribution is 2.35. The molecule has 0 radical (unpaired) electrons. The first-order chi connectivity index (χ1) is 16.8. The minimum Gasteiger partial charge on any atom is -0.495 e. The zero-order valence-corrected chi connectivity index (χ0v) is 20.4. The molecule has 0 spiro atoms. The van der Waals surface area contributed by atoms with Gasteiger partial charge in [0.1, 0.15) is 10.6 Å². The monoisotopic (exact) mass is 493 g/mol. The van der Waals surface area contributed by atoms with E-state index in [0.29, 0.717) is 36.4 Å². The Hall–Kier alpha value is -3.85. The summed E-state index contributed by atoms with van der Waals surface area (Å²) in [5.74, 6) is -0.464. The van der Waals surface area contributed by atoms with Crippen LogP contribution < -0.4 is 19.7 Å². The van der Waals surface area contributed by atoms with Crippen molar-refractivity contribution in [1.82, 2.24) is 0 Å². The Kier molecular flexibility index (Phi) is 7.07. The number of hydrogen-bond acceptors (Lipinski definition) is 5. The molecule has 0 aliphatic carbocycles. The fraction of sp³-hybridized carbons (Fsp3) is 0.231. The second-order valence-electron chi connectivity index (χ2n) is 8.11. The highest BCUT2D eigenvalue weighted by molar-refractivity contribution is 7.93. The normalized spacial score (nSPS) is 13.0. The number of nitrogens with one attached hydrogen (secondary N) is 2. The highest BCUT2D eigenvalue weighted by Gasteiger charge is 2.32. The van der Waals surface area contributed by atoms with Gasteiger partial charge in [0.25, 0.3) is 15.9 Å². The predicted molar refractivity (Wildman–Crippen MR) is 136 cm³/mol. The molecule has 35 heavy (non-hydrogen) atoms. The summed E-state index contributed by atoms with van der Waals surface area (Å²) in [4.78, 5) is 24.6. The van der Waals surface area contributed by atoms with Crippen molar-refractivity contribution in [2.45, 2.75) is 31.1 Å². The van der Waals surface area contributed by atoms with E-state index in [1.54, 1.807) is 37.3 Å². The van der Waals surface area contributed by atoms with E-state index in [1.165, 1.54) is 29.6 Å². The SMILES string of the molecule is CCC(=O)Nc1cccc(NC(=O)c2ccc(OC)c(S(=O)(=O)N3CCCc4ccccc43)c2)c1. The summed E-state index contributed by atoms with van der Waals surface area (Å²) in [6.45, 7) is 2.09. The Morgan fingerprint density at radius 1 is 0.971 bits per heavy atom. The molecule has 9 heteroatoms.